The summed E-state index contributed by atoms with van der Waals surface area (Å²) < 4.78 is 1.83. The number of hydrogen-bond donors (Lipinski definition) is 1. The molecule has 22 heavy (non-hydrogen) atoms. The maximum Gasteiger partial charge on any atom is 0.258 e. The van der Waals surface area contributed by atoms with Gasteiger partial charge in [-0.2, -0.15) is 5.10 Å². The van der Waals surface area contributed by atoms with Crippen molar-refractivity contribution in [2.75, 3.05) is 5.32 Å². The van der Waals surface area contributed by atoms with Crippen molar-refractivity contribution in [1.82, 2.24) is 14.8 Å². The Balaban J connectivity index is 1.73. The maximum atomic E-state index is 12.1. The molecule has 0 aliphatic heterocycles. The summed E-state index contributed by atoms with van der Waals surface area (Å²) in [6, 6.07) is 15.4. The molecule has 3 rings (SSSR count). The quantitative estimate of drug-likeness (QED) is 0.803. The molecule has 0 fully saturated rings. The lowest BCUT2D eigenvalue weighted by Crippen LogP contribution is -2.13. The van der Waals surface area contributed by atoms with Crippen molar-refractivity contribution in [3.8, 4) is 0 Å². The van der Waals surface area contributed by atoms with E-state index >= 15 is 0 Å². The van der Waals surface area contributed by atoms with Gasteiger partial charge in [-0.1, -0.05) is 30.3 Å². The van der Waals surface area contributed by atoms with Crippen LogP contribution in [-0.2, 0) is 0 Å². The molecule has 0 bridgehead atoms. The summed E-state index contributed by atoms with van der Waals surface area (Å²) in [5.74, 6) is 0.308. The van der Waals surface area contributed by atoms with Crippen LogP contribution in [0, 0.1) is 0 Å². The van der Waals surface area contributed by atoms with Crippen LogP contribution in [0.3, 0.4) is 0 Å². The normalized spacial score (nSPS) is 11.9. The van der Waals surface area contributed by atoms with Gasteiger partial charge in [0.05, 0.1) is 11.6 Å². The molecule has 1 amide bonds. The van der Waals surface area contributed by atoms with Gasteiger partial charge in [0.1, 0.15) is 0 Å². The zero-order valence-electron chi connectivity index (χ0n) is 12.2. The first-order chi connectivity index (χ1) is 10.7. The van der Waals surface area contributed by atoms with Gasteiger partial charge in [-0.3, -0.25) is 14.5 Å². The average Bonchev–Trinajstić information content (AvgIpc) is 3.04. The van der Waals surface area contributed by atoms with Crippen molar-refractivity contribution in [2.45, 2.75) is 13.0 Å². The fraction of sp³-hybridized carbons (Fsp3) is 0.118. The standard InChI is InChI=1S/C17H16N4O/c1-13(14-6-3-2-4-7-14)21-11-9-16(20-21)19-17(22)15-8-5-10-18-12-15/h2-13H,1H3,(H,19,20,22). The molecule has 1 atom stereocenters. The monoisotopic (exact) mass is 292 g/mol. The van der Waals surface area contributed by atoms with Gasteiger partial charge in [-0.05, 0) is 24.6 Å². The number of pyridine rings is 1. The van der Waals surface area contributed by atoms with E-state index in [4.69, 9.17) is 0 Å². The number of aromatic nitrogens is 3. The fourth-order valence-electron chi connectivity index (χ4n) is 2.19. The Hall–Kier alpha value is -2.95. The highest BCUT2D eigenvalue weighted by Gasteiger charge is 2.11. The molecule has 0 aliphatic rings. The highest BCUT2D eigenvalue weighted by atomic mass is 16.1. The van der Waals surface area contributed by atoms with Crippen molar-refractivity contribution in [1.29, 1.82) is 0 Å². The first kappa shape index (κ1) is 14.0. The van der Waals surface area contributed by atoms with Crippen molar-refractivity contribution < 1.29 is 4.79 Å². The molecule has 0 spiro atoms. The SMILES string of the molecule is CC(c1ccccc1)n1ccc(NC(=O)c2cccnc2)n1. The van der Waals surface area contributed by atoms with Crippen LogP contribution in [0.1, 0.15) is 28.9 Å². The molecule has 2 heterocycles. The van der Waals surface area contributed by atoms with Crippen molar-refractivity contribution in [3.05, 3.63) is 78.2 Å². The van der Waals surface area contributed by atoms with E-state index in [1.165, 1.54) is 6.20 Å². The smallest absolute Gasteiger partial charge is 0.258 e. The van der Waals surface area contributed by atoms with Crippen molar-refractivity contribution in [2.24, 2.45) is 0 Å². The number of hydrogen-bond acceptors (Lipinski definition) is 3. The van der Waals surface area contributed by atoms with Gasteiger partial charge in [0.2, 0.25) is 0 Å². The number of carbonyl (C=O) groups excluding carboxylic acids is 1. The summed E-state index contributed by atoms with van der Waals surface area (Å²) in [4.78, 5) is 16.0. The Morgan fingerprint density at radius 1 is 1.14 bits per heavy atom. The van der Waals surface area contributed by atoms with E-state index in [2.05, 4.69) is 34.5 Å². The summed E-state index contributed by atoms with van der Waals surface area (Å²) in [6.45, 7) is 2.06. The maximum absolute atomic E-state index is 12.1. The molecule has 1 N–H and O–H groups in total. The number of nitrogens with one attached hydrogen (secondary N) is 1. The van der Waals surface area contributed by atoms with Crippen molar-refractivity contribution >= 4 is 11.7 Å². The van der Waals surface area contributed by atoms with Crippen LogP contribution in [-0.4, -0.2) is 20.7 Å². The van der Waals surface area contributed by atoms with E-state index < -0.39 is 0 Å². The second kappa shape index (κ2) is 6.22. The molecule has 1 aromatic carbocycles. The topological polar surface area (TPSA) is 59.8 Å². The van der Waals surface area contributed by atoms with Gasteiger partial charge in [0, 0.05) is 24.7 Å². The van der Waals surface area contributed by atoms with Gasteiger partial charge < -0.3 is 5.32 Å². The Kier molecular flexibility index (Phi) is 3.96. The molecular formula is C17H16N4O. The molecule has 110 valence electrons. The predicted molar refractivity (Wildman–Crippen MR) is 84.7 cm³/mol. The third kappa shape index (κ3) is 3.03. The van der Waals surface area contributed by atoms with Crippen LogP contribution in [0.2, 0.25) is 0 Å². The molecule has 5 nitrogen and oxygen atoms in total. The van der Waals surface area contributed by atoms with Crippen LogP contribution >= 0.6 is 0 Å². The Labute approximate surface area is 128 Å². The number of amides is 1. The van der Waals surface area contributed by atoms with E-state index in [0.29, 0.717) is 11.4 Å². The minimum absolute atomic E-state index is 0.102. The van der Waals surface area contributed by atoms with Crippen LogP contribution in [0.25, 0.3) is 0 Å². The van der Waals surface area contributed by atoms with Gasteiger partial charge in [0.25, 0.3) is 5.91 Å². The van der Waals surface area contributed by atoms with Gasteiger partial charge >= 0.3 is 0 Å². The third-order valence-corrected chi connectivity index (χ3v) is 3.45. The molecule has 2 aromatic heterocycles. The number of nitrogens with zero attached hydrogens (tertiary/aromatic N) is 3. The molecule has 0 saturated carbocycles. The summed E-state index contributed by atoms with van der Waals surface area (Å²) in [5, 5.41) is 7.19. The van der Waals surface area contributed by atoms with Crippen LogP contribution in [0.5, 0.6) is 0 Å². The lowest BCUT2D eigenvalue weighted by molar-refractivity contribution is 0.102. The molecule has 0 saturated heterocycles. The zero-order chi connectivity index (χ0) is 15.4. The Morgan fingerprint density at radius 2 is 1.95 bits per heavy atom. The van der Waals surface area contributed by atoms with Crippen LogP contribution < -0.4 is 5.32 Å². The second-order valence-corrected chi connectivity index (χ2v) is 4.96. The Morgan fingerprint density at radius 3 is 2.68 bits per heavy atom. The average molecular weight is 292 g/mol. The summed E-state index contributed by atoms with van der Waals surface area (Å²) in [6.07, 6.45) is 5.02. The molecule has 5 heteroatoms. The Bertz CT molecular complexity index is 753. The summed E-state index contributed by atoms with van der Waals surface area (Å²) in [5.41, 5.74) is 1.67. The van der Waals surface area contributed by atoms with Gasteiger partial charge in [0.15, 0.2) is 5.82 Å². The van der Waals surface area contributed by atoms with E-state index in [9.17, 15) is 4.79 Å². The van der Waals surface area contributed by atoms with E-state index in [1.807, 2.05) is 29.1 Å². The van der Waals surface area contributed by atoms with Crippen LogP contribution in [0.4, 0.5) is 5.82 Å². The molecule has 0 radical (unpaired) electrons. The number of rotatable bonds is 4. The molecule has 3 aromatic rings. The first-order valence-corrected chi connectivity index (χ1v) is 7.05. The minimum Gasteiger partial charge on any atom is -0.305 e. The zero-order valence-corrected chi connectivity index (χ0v) is 12.2. The number of carbonyl (C=O) groups is 1. The number of anilines is 1. The third-order valence-electron chi connectivity index (χ3n) is 3.45. The lowest BCUT2D eigenvalue weighted by atomic mass is 10.1. The lowest BCUT2D eigenvalue weighted by Gasteiger charge is -2.12. The molecule has 0 aliphatic carbocycles. The van der Waals surface area contributed by atoms with E-state index in [-0.39, 0.29) is 11.9 Å². The largest absolute Gasteiger partial charge is 0.305 e. The summed E-state index contributed by atoms with van der Waals surface area (Å²) in [7, 11) is 0. The van der Waals surface area contributed by atoms with Gasteiger partial charge in [-0.15, -0.1) is 0 Å². The predicted octanol–water partition coefficient (Wildman–Crippen LogP) is 3.14. The van der Waals surface area contributed by atoms with E-state index in [1.54, 1.807) is 24.4 Å². The van der Waals surface area contributed by atoms with E-state index in [0.717, 1.165) is 5.56 Å². The van der Waals surface area contributed by atoms with Gasteiger partial charge in [-0.25, -0.2) is 0 Å². The second-order valence-electron chi connectivity index (χ2n) is 4.96. The first-order valence-electron chi connectivity index (χ1n) is 7.05. The van der Waals surface area contributed by atoms with Crippen molar-refractivity contribution in [3.63, 3.8) is 0 Å². The van der Waals surface area contributed by atoms with Crippen LogP contribution in [0.15, 0.2) is 67.1 Å². The fourth-order valence-corrected chi connectivity index (χ4v) is 2.19. The molecule has 1 unspecified atom stereocenters. The number of benzene rings is 1. The summed E-state index contributed by atoms with van der Waals surface area (Å²) >= 11 is 0. The highest BCUT2D eigenvalue weighted by Crippen LogP contribution is 2.18. The highest BCUT2D eigenvalue weighted by molar-refractivity contribution is 6.03. The minimum atomic E-state index is -0.217. The molecular weight excluding hydrogens is 276 g/mol.